The number of rotatable bonds is 15. The Morgan fingerprint density at radius 1 is 0.494 bits per heavy atom. The average Bonchev–Trinajstić information content (AvgIpc) is 1.17. The van der Waals surface area contributed by atoms with E-state index < -0.39 is 168 Å². The van der Waals surface area contributed by atoms with Gasteiger partial charge in [-0.2, -0.15) is 0 Å². The Bertz CT molecular complexity index is 2430. The van der Waals surface area contributed by atoms with Gasteiger partial charge in [0.05, 0.1) is 6.54 Å². The number of hydrogen-bond donors (Lipinski definition) is 4. The summed E-state index contributed by atoms with van der Waals surface area (Å²) in [6.07, 6.45) is 3.00. The zero-order valence-electron chi connectivity index (χ0n) is 57.2. The first kappa shape index (κ1) is 78.4. The molecule has 0 unspecified atom stereocenters. The Kier molecular flexibility index (Phi) is 31.9. The number of amides is 11. The van der Waals surface area contributed by atoms with Crippen LogP contribution in [0.2, 0.25) is 0 Å². The van der Waals surface area contributed by atoms with Gasteiger partial charge in [0, 0.05) is 56.3 Å². The maximum absolute atomic E-state index is 15.4. The minimum Gasteiger partial charge on any atom is -0.459 e. The zero-order chi connectivity index (χ0) is 67.6. The fourth-order valence-corrected chi connectivity index (χ4v) is 11.0. The normalized spacial score (nSPS) is 26.5. The molecule has 12 atom stereocenters. The molecule has 0 aromatic rings. The van der Waals surface area contributed by atoms with Gasteiger partial charge in [-0.3, -0.25) is 57.5 Å². The van der Waals surface area contributed by atoms with Crippen LogP contribution >= 0.6 is 0 Å². The van der Waals surface area contributed by atoms with Crippen molar-refractivity contribution < 1.29 is 62.3 Å². The van der Waals surface area contributed by atoms with Crippen molar-refractivity contribution in [3.8, 4) is 0 Å². The molecule has 1 fully saturated rings. The Labute approximate surface area is 519 Å². The molecule has 4 N–H and O–H groups in total. The summed E-state index contributed by atoms with van der Waals surface area (Å²) in [5.74, 6) is -11.1. The van der Waals surface area contributed by atoms with E-state index in [2.05, 4.69) is 21.3 Å². The number of allylic oxidation sites excluding steroid dienone is 2. The number of hydrogen-bond acceptors (Lipinski definition) is 13. The summed E-state index contributed by atoms with van der Waals surface area (Å²) in [5.41, 5.74) is 0. The van der Waals surface area contributed by atoms with Crippen molar-refractivity contribution in [3.63, 3.8) is 0 Å². The number of carbonyl (C=O) groups is 12. The summed E-state index contributed by atoms with van der Waals surface area (Å²) in [6.45, 7) is 30.1. The molecular formula is C63H111N11O13. The van der Waals surface area contributed by atoms with Crippen LogP contribution in [0.25, 0.3) is 0 Å². The third kappa shape index (κ3) is 21.9. The van der Waals surface area contributed by atoms with Gasteiger partial charge in [0.25, 0.3) is 0 Å². The van der Waals surface area contributed by atoms with E-state index in [0.29, 0.717) is 6.42 Å². The van der Waals surface area contributed by atoms with Gasteiger partial charge in [-0.1, -0.05) is 109 Å². The van der Waals surface area contributed by atoms with Gasteiger partial charge in [0.15, 0.2) is 0 Å². The second kappa shape index (κ2) is 35.4. The molecule has 1 saturated heterocycles. The first-order valence-corrected chi connectivity index (χ1v) is 31.0. The van der Waals surface area contributed by atoms with Crippen molar-refractivity contribution in [2.24, 2.45) is 41.4 Å². The van der Waals surface area contributed by atoms with E-state index in [-0.39, 0.29) is 43.4 Å². The van der Waals surface area contributed by atoms with E-state index in [4.69, 9.17) is 4.74 Å². The smallest absolute Gasteiger partial charge is 0.303 e. The van der Waals surface area contributed by atoms with Gasteiger partial charge in [-0.05, 0) is 94.3 Å². The molecule has 1 aliphatic rings. The minimum atomic E-state index is -1.61. The number of nitrogens with one attached hydrogen (secondary N) is 4. The fourth-order valence-electron chi connectivity index (χ4n) is 11.0. The second-order valence-corrected chi connectivity index (χ2v) is 26.2. The highest BCUT2D eigenvalue weighted by atomic mass is 16.5. The van der Waals surface area contributed by atoms with E-state index in [1.54, 1.807) is 68.4 Å². The van der Waals surface area contributed by atoms with Crippen LogP contribution in [0.4, 0.5) is 0 Å². The first-order valence-electron chi connectivity index (χ1n) is 31.0. The summed E-state index contributed by atoms with van der Waals surface area (Å²) in [4.78, 5) is 182. The van der Waals surface area contributed by atoms with Crippen LogP contribution in [0.1, 0.15) is 157 Å². The Morgan fingerprint density at radius 3 is 1.38 bits per heavy atom. The highest BCUT2D eigenvalue weighted by Gasteiger charge is 2.47. The number of likely N-dealkylation sites (N-methyl/N-ethyl adjacent to an activating group) is 7. The van der Waals surface area contributed by atoms with Crippen molar-refractivity contribution in [2.45, 2.75) is 223 Å². The van der Waals surface area contributed by atoms with E-state index in [9.17, 15) is 38.4 Å². The lowest BCUT2D eigenvalue weighted by atomic mass is 9.91. The molecule has 0 aliphatic carbocycles. The first-order chi connectivity index (χ1) is 40.1. The molecular weight excluding hydrogens is 1120 g/mol. The molecule has 1 aliphatic heterocycles. The van der Waals surface area contributed by atoms with Crippen LogP contribution in [0.5, 0.6) is 0 Å². The highest BCUT2D eigenvalue weighted by molar-refractivity contribution is 5.99. The van der Waals surface area contributed by atoms with Crippen LogP contribution in [0, 0.1) is 41.4 Å². The quantitative estimate of drug-likeness (QED) is 0.135. The SMILES string of the molecule is C/C=C/C[C@@H](C)[C@@H](OC(C)=O)[C@H]1C(=O)N[C@H](CC)C(=O)N(C)CC(=O)N(C)[C@H](C(C)C)C(=O)N[C@H](C(C)C)C(=O)N(C)[C@H](CC(C)C)C(=O)N[C@H](C)C(=O)N[C@@H](C)C(=O)N(C)[C@@H](CC(C)C)C(=O)N(C)[C@@H](CC(C)C)C(=O)N(C)[C@@H](C(C)C)C(=O)N1C. The van der Waals surface area contributed by atoms with Crippen LogP contribution < -0.4 is 21.3 Å². The lowest BCUT2D eigenvalue weighted by Crippen LogP contribution is -2.64. The topological polar surface area (TPSA) is 285 Å². The van der Waals surface area contributed by atoms with Crippen molar-refractivity contribution in [1.82, 2.24) is 55.6 Å². The van der Waals surface area contributed by atoms with Crippen molar-refractivity contribution in [3.05, 3.63) is 12.2 Å². The molecule has 24 heteroatoms. The Hall–Kier alpha value is -6.62. The summed E-state index contributed by atoms with van der Waals surface area (Å²) in [6, 6.07) is -12.5. The van der Waals surface area contributed by atoms with Crippen LogP contribution in [-0.4, -0.2) is 228 Å². The second-order valence-electron chi connectivity index (χ2n) is 26.2. The number of nitrogens with zero attached hydrogens (tertiary/aromatic N) is 7. The van der Waals surface area contributed by atoms with Gasteiger partial charge in [0.1, 0.15) is 66.5 Å². The van der Waals surface area contributed by atoms with Crippen LogP contribution in [0.3, 0.4) is 0 Å². The maximum atomic E-state index is 15.4. The van der Waals surface area contributed by atoms with Gasteiger partial charge >= 0.3 is 5.97 Å². The molecule has 0 radical (unpaired) electrons. The molecule has 1 heterocycles. The summed E-state index contributed by atoms with van der Waals surface area (Å²) in [7, 11) is 9.85. The lowest BCUT2D eigenvalue weighted by Gasteiger charge is -2.42. The molecule has 11 amide bonds. The van der Waals surface area contributed by atoms with Gasteiger partial charge in [-0.25, -0.2) is 0 Å². The molecule has 496 valence electrons. The summed E-state index contributed by atoms with van der Waals surface area (Å²) >= 11 is 0. The van der Waals surface area contributed by atoms with Gasteiger partial charge in [0.2, 0.25) is 65.0 Å². The third-order valence-corrected chi connectivity index (χ3v) is 16.2. The zero-order valence-corrected chi connectivity index (χ0v) is 57.2. The van der Waals surface area contributed by atoms with Crippen molar-refractivity contribution >= 4 is 70.9 Å². The van der Waals surface area contributed by atoms with E-state index in [1.807, 2.05) is 47.6 Å². The Morgan fingerprint density at radius 2 is 0.931 bits per heavy atom. The van der Waals surface area contributed by atoms with Gasteiger partial charge in [-0.15, -0.1) is 0 Å². The molecule has 0 bridgehead atoms. The maximum Gasteiger partial charge on any atom is 0.303 e. The molecule has 87 heavy (non-hydrogen) atoms. The molecule has 24 nitrogen and oxygen atoms in total. The monoisotopic (exact) mass is 1230 g/mol. The molecule has 0 spiro atoms. The van der Waals surface area contributed by atoms with Crippen LogP contribution in [-0.2, 0) is 62.3 Å². The highest BCUT2D eigenvalue weighted by Crippen LogP contribution is 2.27. The summed E-state index contributed by atoms with van der Waals surface area (Å²) < 4.78 is 5.92. The Balaban J connectivity index is 4.41. The number of ether oxygens (including phenoxy) is 1. The van der Waals surface area contributed by atoms with Crippen molar-refractivity contribution in [1.29, 1.82) is 0 Å². The lowest BCUT2D eigenvalue weighted by molar-refractivity contribution is -0.164. The van der Waals surface area contributed by atoms with E-state index in [0.717, 1.165) is 9.80 Å². The minimum absolute atomic E-state index is 0.00413. The molecule has 0 aromatic carbocycles. The summed E-state index contributed by atoms with van der Waals surface area (Å²) in [5, 5.41) is 11.0. The van der Waals surface area contributed by atoms with E-state index in [1.165, 1.54) is 94.6 Å². The van der Waals surface area contributed by atoms with Crippen LogP contribution in [0.15, 0.2) is 12.2 Å². The largest absolute Gasteiger partial charge is 0.459 e. The van der Waals surface area contributed by atoms with Gasteiger partial charge < -0.3 is 60.3 Å². The fraction of sp³-hybridized carbons (Fsp3) is 0.778. The molecule has 0 saturated carbocycles. The van der Waals surface area contributed by atoms with Crippen molar-refractivity contribution in [2.75, 3.05) is 55.9 Å². The number of carbonyl (C=O) groups excluding carboxylic acids is 12. The predicted molar refractivity (Wildman–Crippen MR) is 333 cm³/mol. The van der Waals surface area contributed by atoms with E-state index >= 15 is 19.2 Å². The molecule has 0 aromatic heterocycles. The third-order valence-electron chi connectivity index (χ3n) is 16.2. The standard InChI is InChI=1S/C63H111N11O13/c1-26-28-29-40(15)53(87-43(18)75)52-57(80)66-44(27-2)59(82)68(19)33-48(76)72(23)50(38(11)12)56(79)67-49(37(9)10)62(85)69(20)45(30-34(3)4)55(78)64-41(16)54(77)65-42(17)58(81)70(21)46(31-35(5)6)60(83)71(22)47(32-36(7)8)61(84)73(24)51(39(13)14)63(86)74(52)25/h26,28,34-42,44-47,49-53H,27,29-33H2,1-25H3,(H,64,78)(H,65,77)(H,66,80)(H,67,79)/b28-26+/t40-,41-,42+,44-,45-,46+,47+,49-,50-,51+,52+,53-/m1/s1. The molecule has 1 rings (SSSR count). The average molecular weight is 1230 g/mol. The number of esters is 1. The predicted octanol–water partition coefficient (Wildman–Crippen LogP) is 3.45.